The minimum Gasteiger partial charge on any atom is -0.490 e. The number of hydrogen-bond donors (Lipinski definition) is 1. The molecule has 2 aliphatic heterocycles. The highest BCUT2D eigenvalue weighted by Crippen LogP contribution is 2.38. The summed E-state index contributed by atoms with van der Waals surface area (Å²) in [7, 11) is 1.75. The van der Waals surface area contributed by atoms with Crippen LogP contribution in [0.25, 0.3) is 0 Å². The second-order valence-corrected chi connectivity index (χ2v) is 6.46. The van der Waals surface area contributed by atoms with Gasteiger partial charge in [-0.3, -0.25) is 4.79 Å². The molecule has 1 saturated heterocycles. The molecule has 0 saturated carbocycles. The molecule has 0 aliphatic carbocycles. The molecule has 1 amide bonds. The van der Waals surface area contributed by atoms with E-state index in [9.17, 15) is 4.79 Å². The lowest BCUT2D eigenvalue weighted by atomic mass is 10.0. The van der Waals surface area contributed by atoms with Gasteiger partial charge in [0.25, 0.3) is 5.91 Å². The van der Waals surface area contributed by atoms with Crippen LogP contribution in [0.15, 0.2) is 30.6 Å². The molecule has 1 aromatic carbocycles. The van der Waals surface area contributed by atoms with Gasteiger partial charge in [-0.05, 0) is 30.5 Å². The summed E-state index contributed by atoms with van der Waals surface area (Å²) >= 11 is 0. The van der Waals surface area contributed by atoms with E-state index in [0.29, 0.717) is 24.7 Å². The Morgan fingerprint density at radius 3 is 2.69 bits per heavy atom. The first-order valence-electron chi connectivity index (χ1n) is 8.96. The Labute approximate surface area is 152 Å². The van der Waals surface area contributed by atoms with Crippen molar-refractivity contribution < 1.29 is 14.3 Å². The third kappa shape index (κ3) is 3.16. The molecule has 7 heteroatoms. The van der Waals surface area contributed by atoms with Crippen LogP contribution < -0.4 is 14.8 Å². The van der Waals surface area contributed by atoms with E-state index in [4.69, 9.17) is 9.47 Å². The third-order valence-electron chi connectivity index (χ3n) is 4.79. The summed E-state index contributed by atoms with van der Waals surface area (Å²) in [6.45, 7) is 2.05. The van der Waals surface area contributed by atoms with E-state index in [1.165, 1.54) is 0 Å². The van der Waals surface area contributed by atoms with Gasteiger partial charge in [-0.15, -0.1) is 0 Å². The molecule has 2 aromatic rings. The van der Waals surface area contributed by atoms with Crippen LogP contribution in [-0.4, -0.2) is 47.6 Å². The number of nitrogens with zero attached hydrogens (tertiary/aromatic N) is 3. The third-order valence-corrected chi connectivity index (χ3v) is 4.79. The zero-order valence-corrected chi connectivity index (χ0v) is 14.8. The number of fused-ring (bicyclic) bond motifs is 1. The van der Waals surface area contributed by atoms with Crippen molar-refractivity contribution >= 4 is 11.9 Å². The molecular weight excluding hydrogens is 332 g/mol. The first-order chi connectivity index (χ1) is 12.8. The van der Waals surface area contributed by atoms with Gasteiger partial charge < -0.3 is 19.7 Å². The van der Waals surface area contributed by atoms with Crippen molar-refractivity contribution in [1.29, 1.82) is 0 Å². The highest BCUT2D eigenvalue weighted by Gasteiger charge is 2.31. The van der Waals surface area contributed by atoms with Gasteiger partial charge in [0.2, 0.25) is 5.95 Å². The Hall–Kier alpha value is -2.83. The van der Waals surface area contributed by atoms with E-state index in [-0.39, 0.29) is 11.9 Å². The molecule has 136 valence electrons. The van der Waals surface area contributed by atoms with Crippen LogP contribution in [0.3, 0.4) is 0 Å². The molecule has 1 aromatic heterocycles. The molecule has 7 nitrogen and oxygen atoms in total. The summed E-state index contributed by atoms with van der Waals surface area (Å²) in [6.07, 6.45) is 5.93. The summed E-state index contributed by atoms with van der Waals surface area (Å²) in [6, 6.07) is 6.02. The lowest BCUT2D eigenvalue weighted by Crippen LogP contribution is -2.30. The number of carbonyl (C=O) groups excluding carboxylic acids is 1. The average Bonchev–Trinajstić information content (AvgIpc) is 3.06. The van der Waals surface area contributed by atoms with Gasteiger partial charge in [-0.1, -0.05) is 6.07 Å². The number of carbonyl (C=O) groups is 1. The Balaban J connectivity index is 1.58. The van der Waals surface area contributed by atoms with Gasteiger partial charge in [-0.25, -0.2) is 9.97 Å². The summed E-state index contributed by atoms with van der Waals surface area (Å²) < 4.78 is 11.5. The second kappa shape index (κ2) is 7.19. The summed E-state index contributed by atoms with van der Waals surface area (Å²) in [5, 5.41) is 2.86. The molecule has 0 radical (unpaired) electrons. The zero-order chi connectivity index (χ0) is 17.9. The Bertz CT molecular complexity index is 794. The molecule has 3 heterocycles. The molecule has 2 aliphatic rings. The topological polar surface area (TPSA) is 76.6 Å². The van der Waals surface area contributed by atoms with Crippen LogP contribution in [0.5, 0.6) is 11.5 Å². The number of hydrogen-bond acceptors (Lipinski definition) is 6. The smallest absolute Gasteiger partial charge is 0.257 e. The number of nitrogens with one attached hydrogen (secondary N) is 1. The predicted molar refractivity (Wildman–Crippen MR) is 96.6 cm³/mol. The van der Waals surface area contributed by atoms with Crippen molar-refractivity contribution in [2.24, 2.45) is 0 Å². The minimum absolute atomic E-state index is 0.0311. The lowest BCUT2D eigenvalue weighted by Gasteiger charge is -2.25. The number of aromatic nitrogens is 2. The number of ether oxygens (including phenoxy) is 2. The normalized spacial score (nSPS) is 19.1. The van der Waals surface area contributed by atoms with Gasteiger partial charge >= 0.3 is 0 Å². The molecule has 4 rings (SSSR count). The van der Waals surface area contributed by atoms with E-state index < -0.39 is 0 Å². The maximum Gasteiger partial charge on any atom is 0.257 e. The average molecular weight is 354 g/mol. The van der Waals surface area contributed by atoms with Gasteiger partial charge in [0, 0.05) is 32.4 Å². The largest absolute Gasteiger partial charge is 0.490 e. The monoisotopic (exact) mass is 354 g/mol. The highest BCUT2D eigenvalue weighted by atomic mass is 16.5. The zero-order valence-electron chi connectivity index (χ0n) is 14.8. The Morgan fingerprint density at radius 1 is 1.15 bits per heavy atom. The van der Waals surface area contributed by atoms with Crippen LogP contribution in [0, 0.1) is 0 Å². The van der Waals surface area contributed by atoms with Crippen LogP contribution in [-0.2, 0) is 0 Å². The number of amides is 1. The van der Waals surface area contributed by atoms with Crippen molar-refractivity contribution in [1.82, 2.24) is 14.9 Å². The number of likely N-dealkylation sites (tertiary alicyclic amines) is 1. The van der Waals surface area contributed by atoms with Crippen molar-refractivity contribution in [3.05, 3.63) is 41.7 Å². The first kappa shape index (κ1) is 16.6. The molecule has 0 bridgehead atoms. The standard InChI is InChI=1S/C19H22N4O3/c1-20-19-21-11-14(12-22-19)18(24)23-7-2-4-15(23)13-5-6-16-17(10-13)26-9-3-8-25-16/h5-6,10-12,15H,2-4,7-9H2,1H3,(H,20,21,22)/t15-/m0/s1. The summed E-state index contributed by atoms with van der Waals surface area (Å²) in [4.78, 5) is 23.1. The van der Waals surface area contributed by atoms with E-state index in [1.54, 1.807) is 19.4 Å². The molecule has 1 atom stereocenters. The van der Waals surface area contributed by atoms with Gasteiger partial charge in [0.05, 0.1) is 24.8 Å². The molecular formula is C19H22N4O3. The predicted octanol–water partition coefficient (Wildman–Crippen LogP) is 2.66. The van der Waals surface area contributed by atoms with Crippen LogP contribution in [0.2, 0.25) is 0 Å². The van der Waals surface area contributed by atoms with Crippen LogP contribution in [0.1, 0.15) is 41.2 Å². The quantitative estimate of drug-likeness (QED) is 0.913. The SMILES string of the molecule is CNc1ncc(C(=O)N2CCC[C@H]2c2ccc3c(c2)OCCCO3)cn1. The Kier molecular flexibility index (Phi) is 4.60. The number of rotatable bonds is 3. The minimum atomic E-state index is -0.0396. The molecule has 0 spiro atoms. The molecule has 26 heavy (non-hydrogen) atoms. The van der Waals surface area contributed by atoms with E-state index in [2.05, 4.69) is 15.3 Å². The van der Waals surface area contributed by atoms with Crippen molar-refractivity contribution in [3.8, 4) is 11.5 Å². The second-order valence-electron chi connectivity index (χ2n) is 6.46. The number of benzene rings is 1. The maximum atomic E-state index is 12.9. The molecule has 0 unspecified atom stereocenters. The van der Waals surface area contributed by atoms with Crippen molar-refractivity contribution in [3.63, 3.8) is 0 Å². The fourth-order valence-electron chi connectivity index (χ4n) is 3.48. The lowest BCUT2D eigenvalue weighted by molar-refractivity contribution is 0.0734. The summed E-state index contributed by atoms with van der Waals surface area (Å²) in [5.74, 6) is 2.00. The highest BCUT2D eigenvalue weighted by molar-refractivity contribution is 5.94. The molecule has 1 N–H and O–H groups in total. The van der Waals surface area contributed by atoms with Gasteiger partial charge in [-0.2, -0.15) is 0 Å². The van der Waals surface area contributed by atoms with E-state index >= 15 is 0 Å². The van der Waals surface area contributed by atoms with Crippen molar-refractivity contribution in [2.75, 3.05) is 32.1 Å². The Morgan fingerprint density at radius 2 is 1.92 bits per heavy atom. The van der Waals surface area contributed by atoms with Crippen molar-refractivity contribution in [2.45, 2.75) is 25.3 Å². The first-order valence-corrected chi connectivity index (χ1v) is 8.96. The summed E-state index contributed by atoms with van der Waals surface area (Å²) in [5.41, 5.74) is 1.58. The van der Waals surface area contributed by atoms with E-state index in [0.717, 1.165) is 42.9 Å². The maximum absolute atomic E-state index is 12.9. The number of anilines is 1. The van der Waals surface area contributed by atoms with Crippen LogP contribution in [0.4, 0.5) is 5.95 Å². The fourth-order valence-corrected chi connectivity index (χ4v) is 3.48. The van der Waals surface area contributed by atoms with Gasteiger partial charge in [0.1, 0.15) is 0 Å². The van der Waals surface area contributed by atoms with E-state index in [1.807, 2.05) is 23.1 Å². The fraction of sp³-hybridized carbons (Fsp3) is 0.421. The van der Waals surface area contributed by atoms with Gasteiger partial charge in [0.15, 0.2) is 11.5 Å². The van der Waals surface area contributed by atoms with Crippen LogP contribution >= 0.6 is 0 Å². The molecule has 1 fully saturated rings.